The maximum Gasteiger partial charge on any atom is 0.449 e. The van der Waals surface area contributed by atoms with Crippen LogP contribution in [0.25, 0.3) is 0 Å². The molecule has 8 heteroatoms. The predicted molar refractivity (Wildman–Crippen MR) is 50.3 cm³/mol. The van der Waals surface area contributed by atoms with Crippen LogP contribution >= 0.6 is 0 Å². The van der Waals surface area contributed by atoms with Crippen molar-refractivity contribution in [1.29, 1.82) is 0 Å². The fourth-order valence-electron chi connectivity index (χ4n) is 1.16. The number of nitro groups is 1. The SMILES string of the molecule is O=C(CCc1ncccc1[N+](=O)[O-])C(F)(F)F. The zero-order valence-electron chi connectivity index (χ0n) is 8.40. The quantitative estimate of drug-likeness (QED) is 0.603. The van der Waals surface area contributed by atoms with Crippen molar-refractivity contribution in [3.05, 3.63) is 34.1 Å². The minimum atomic E-state index is -4.91. The van der Waals surface area contributed by atoms with Crippen molar-refractivity contribution in [1.82, 2.24) is 4.98 Å². The van der Waals surface area contributed by atoms with E-state index in [2.05, 4.69) is 4.98 Å². The van der Waals surface area contributed by atoms with Gasteiger partial charge >= 0.3 is 6.18 Å². The molecule has 0 fully saturated rings. The highest BCUT2D eigenvalue weighted by Crippen LogP contribution is 2.21. The third-order valence-corrected chi connectivity index (χ3v) is 1.97. The van der Waals surface area contributed by atoms with Crippen molar-refractivity contribution < 1.29 is 22.9 Å². The number of aromatic nitrogens is 1. The first-order valence-electron chi connectivity index (χ1n) is 4.50. The highest BCUT2D eigenvalue weighted by molar-refractivity contribution is 5.84. The number of nitrogens with zero attached hydrogens (tertiary/aromatic N) is 2. The molecule has 17 heavy (non-hydrogen) atoms. The molecule has 0 aliphatic heterocycles. The standard InChI is InChI=1S/C9H7F3N2O3/c10-9(11,12)8(15)4-3-6-7(14(16)17)2-1-5-13-6/h1-2,5H,3-4H2. The molecule has 1 aromatic rings. The van der Waals surface area contributed by atoms with E-state index in [0.29, 0.717) is 0 Å². The highest BCUT2D eigenvalue weighted by Gasteiger charge is 2.37. The van der Waals surface area contributed by atoms with E-state index in [4.69, 9.17) is 0 Å². The normalized spacial score (nSPS) is 11.2. The van der Waals surface area contributed by atoms with Crippen LogP contribution in [0.3, 0.4) is 0 Å². The van der Waals surface area contributed by atoms with E-state index in [-0.39, 0.29) is 11.4 Å². The molecule has 1 rings (SSSR count). The van der Waals surface area contributed by atoms with Gasteiger partial charge in [-0.3, -0.25) is 19.9 Å². The van der Waals surface area contributed by atoms with Crippen LogP contribution in [-0.4, -0.2) is 21.9 Å². The van der Waals surface area contributed by atoms with Crippen LogP contribution in [0.2, 0.25) is 0 Å². The van der Waals surface area contributed by atoms with Gasteiger partial charge in [-0.05, 0) is 6.07 Å². The van der Waals surface area contributed by atoms with E-state index >= 15 is 0 Å². The zero-order valence-corrected chi connectivity index (χ0v) is 8.40. The second-order valence-corrected chi connectivity index (χ2v) is 3.15. The molecule has 0 amide bonds. The van der Waals surface area contributed by atoms with Crippen LogP contribution < -0.4 is 0 Å². The molecule has 0 aliphatic rings. The Morgan fingerprint density at radius 3 is 2.65 bits per heavy atom. The van der Waals surface area contributed by atoms with Crippen LogP contribution in [0, 0.1) is 10.1 Å². The minimum Gasteiger partial charge on any atom is -0.290 e. The number of Topliss-reactive ketones (excluding diaryl/α,β-unsaturated/α-hetero) is 1. The lowest BCUT2D eigenvalue weighted by Crippen LogP contribution is -2.23. The van der Waals surface area contributed by atoms with Gasteiger partial charge in [0.25, 0.3) is 5.69 Å². The Kier molecular flexibility index (Phi) is 3.77. The van der Waals surface area contributed by atoms with Crippen LogP contribution in [0.15, 0.2) is 18.3 Å². The number of halogens is 3. The molecule has 0 aliphatic carbocycles. The smallest absolute Gasteiger partial charge is 0.290 e. The summed E-state index contributed by atoms with van der Waals surface area (Å²) in [4.78, 5) is 24.0. The Labute approximate surface area is 93.4 Å². The number of pyridine rings is 1. The lowest BCUT2D eigenvalue weighted by atomic mass is 10.1. The molecular formula is C9H7F3N2O3. The van der Waals surface area contributed by atoms with Crippen molar-refractivity contribution in [3.8, 4) is 0 Å². The summed E-state index contributed by atoms with van der Waals surface area (Å²) in [6.07, 6.45) is -4.94. The number of ketones is 1. The van der Waals surface area contributed by atoms with E-state index < -0.39 is 29.7 Å². The maximum absolute atomic E-state index is 11.9. The third kappa shape index (κ3) is 3.51. The Bertz CT molecular complexity index is 445. The molecule has 1 aromatic heterocycles. The molecule has 0 atom stereocenters. The summed E-state index contributed by atoms with van der Waals surface area (Å²) < 4.78 is 35.7. The summed E-state index contributed by atoms with van der Waals surface area (Å²) in [5.74, 6) is -1.92. The van der Waals surface area contributed by atoms with Gasteiger partial charge in [0, 0.05) is 25.1 Å². The molecule has 0 aromatic carbocycles. The molecule has 1 heterocycles. The summed E-state index contributed by atoms with van der Waals surface area (Å²) in [6.45, 7) is 0. The minimum absolute atomic E-state index is 0.130. The van der Waals surface area contributed by atoms with E-state index in [1.54, 1.807) is 0 Å². The van der Waals surface area contributed by atoms with Crippen LogP contribution in [0.5, 0.6) is 0 Å². The second-order valence-electron chi connectivity index (χ2n) is 3.15. The van der Waals surface area contributed by atoms with Gasteiger partial charge in [0.15, 0.2) is 0 Å². The Morgan fingerprint density at radius 2 is 2.12 bits per heavy atom. The summed E-state index contributed by atoms with van der Waals surface area (Å²) >= 11 is 0. The van der Waals surface area contributed by atoms with Gasteiger partial charge in [-0.2, -0.15) is 13.2 Å². The molecule has 5 nitrogen and oxygen atoms in total. The number of carbonyl (C=O) groups excluding carboxylic acids is 1. The van der Waals surface area contributed by atoms with E-state index in [9.17, 15) is 28.1 Å². The first-order chi connectivity index (χ1) is 7.82. The Morgan fingerprint density at radius 1 is 1.47 bits per heavy atom. The lowest BCUT2D eigenvalue weighted by Gasteiger charge is -2.04. The van der Waals surface area contributed by atoms with Crippen LogP contribution in [0.1, 0.15) is 12.1 Å². The Hall–Kier alpha value is -1.99. The topological polar surface area (TPSA) is 73.1 Å². The Balaban J connectivity index is 2.77. The van der Waals surface area contributed by atoms with Crippen molar-refractivity contribution in [2.45, 2.75) is 19.0 Å². The molecule has 0 radical (unpaired) electrons. The average molecular weight is 248 g/mol. The molecule has 92 valence electrons. The molecule has 0 unspecified atom stereocenters. The van der Waals surface area contributed by atoms with Crippen molar-refractivity contribution in [2.75, 3.05) is 0 Å². The molecule has 0 saturated heterocycles. The molecule has 0 spiro atoms. The predicted octanol–water partition coefficient (Wildman–Crippen LogP) is 2.05. The summed E-state index contributed by atoms with van der Waals surface area (Å²) in [6, 6.07) is 2.42. The first kappa shape index (κ1) is 13.1. The molecular weight excluding hydrogens is 241 g/mol. The van der Waals surface area contributed by atoms with Gasteiger partial charge in [0.2, 0.25) is 5.78 Å². The van der Waals surface area contributed by atoms with Crippen LogP contribution in [0.4, 0.5) is 18.9 Å². The number of aryl methyl sites for hydroxylation is 1. The van der Waals surface area contributed by atoms with Gasteiger partial charge < -0.3 is 0 Å². The molecule has 0 saturated carbocycles. The zero-order chi connectivity index (χ0) is 13.1. The first-order valence-corrected chi connectivity index (χ1v) is 4.50. The molecule has 0 bridgehead atoms. The summed E-state index contributed by atoms with van der Waals surface area (Å²) in [5.41, 5.74) is -0.516. The lowest BCUT2D eigenvalue weighted by molar-refractivity contribution is -0.385. The second kappa shape index (κ2) is 4.89. The largest absolute Gasteiger partial charge is 0.449 e. The van der Waals surface area contributed by atoms with Gasteiger partial charge in [0.05, 0.1) is 4.92 Å². The van der Waals surface area contributed by atoms with Crippen molar-refractivity contribution >= 4 is 11.5 Å². The van der Waals surface area contributed by atoms with E-state index in [1.165, 1.54) is 12.3 Å². The number of hydrogen-bond donors (Lipinski definition) is 0. The monoisotopic (exact) mass is 248 g/mol. The fraction of sp³-hybridized carbons (Fsp3) is 0.333. The number of rotatable bonds is 4. The van der Waals surface area contributed by atoms with Gasteiger partial charge in [-0.25, -0.2) is 0 Å². The maximum atomic E-state index is 11.9. The van der Waals surface area contributed by atoms with Crippen LogP contribution in [-0.2, 0) is 11.2 Å². The molecule has 0 N–H and O–H groups in total. The van der Waals surface area contributed by atoms with Gasteiger partial charge in [-0.15, -0.1) is 0 Å². The summed E-state index contributed by atoms with van der Waals surface area (Å²) in [7, 11) is 0. The average Bonchev–Trinajstić information content (AvgIpc) is 2.24. The number of alkyl halides is 3. The van der Waals surface area contributed by atoms with Gasteiger partial charge in [-0.1, -0.05) is 0 Å². The van der Waals surface area contributed by atoms with Crippen molar-refractivity contribution in [3.63, 3.8) is 0 Å². The number of carbonyl (C=O) groups is 1. The van der Waals surface area contributed by atoms with Crippen molar-refractivity contribution in [2.24, 2.45) is 0 Å². The van der Waals surface area contributed by atoms with Gasteiger partial charge in [0.1, 0.15) is 5.69 Å². The highest BCUT2D eigenvalue weighted by atomic mass is 19.4. The third-order valence-electron chi connectivity index (χ3n) is 1.97. The van der Waals surface area contributed by atoms with E-state index in [0.717, 1.165) is 6.07 Å². The summed E-state index contributed by atoms with van der Waals surface area (Å²) in [5, 5.41) is 10.5. The van der Waals surface area contributed by atoms with E-state index in [1.807, 2.05) is 0 Å². The fourth-order valence-corrected chi connectivity index (χ4v) is 1.16. The number of hydrogen-bond acceptors (Lipinski definition) is 4.